The molecule has 18 heavy (non-hydrogen) atoms. The minimum Gasteiger partial charge on any atom is -0.375 e. The van der Waals surface area contributed by atoms with Gasteiger partial charge in [-0.1, -0.05) is 11.6 Å². The summed E-state index contributed by atoms with van der Waals surface area (Å²) in [5.41, 5.74) is 1.69. The molecule has 1 aromatic heterocycles. The van der Waals surface area contributed by atoms with Crippen molar-refractivity contribution in [1.29, 1.82) is 0 Å². The van der Waals surface area contributed by atoms with E-state index in [0.717, 1.165) is 5.69 Å². The number of hydrogen-bond acceptors (Lipinski definition) is 2. The molecule has 0 radical (unpaired) electrons. The highest BCUT2D eigenvalue weighted by atomic mass is 79.9. The third-order valence-corrected chi connectivity index (χ3v) is 3.59. The Morgan fingerprint density at radius 2 is 2.22 bits per heavy atom. The van der Waals surface area contributed by atoms with Gasteiger partial charge in [0.15, 0.2) is 0 Å². The van der Waals surface area contributed by atoms with Gasteiger partial charge in [-0.25, -0.2) is 4.39 Å². The predicted molar refractivity (Wildman–Crippen MR) is 74.4 cm³/mol. The molecule has 0 aliphatic heterocycles. The first kappa shape index (κ1) is 13.4. The van der Waals surface area contributed by atoms with Crippen molar-refractivity contribution in [2.24, 2.45) is 7.05 Å². The molecule has 1 aromatic carbocycles. The molecule has 3 nitrogen and oxygen atoms in total. The molecule has 6 heteroatoms. The zero-order chi connectivity index (χ0) is 13.3. The zero-order valence-corrected chi connectivity index (χ0v) is 12.3. The maximum absolute atomic E-state index is 13.1. The van der Waals surface area contributed by atoms with Gasteiger partial charge in [0.05, 0.1) is 22.4 Å². The highest BCUT2D eigenvalue weighted by molar-refractivity contribution is 9.10. The van der Waals surface area contributed by atoms with Crippen molar-refractivity contribution in [2.45, 2.75) is 13.0 Å². The highest BCUT2D eigenvalue weighted by Crippen LogP contribution is 2.34. The first-order valence-corrected chi connectivity index (χ1v) is 6.55. The van der Waals surface area contributed by atoms with Crippen LogP contribution in [0.4, 0.5) is 10.1 Å². The van der Waals surface area contributed by atoms with E-state index in [1.54, 1.807) is 10.9 Å². The van der Waals surface area contributed by atoms with E-state index in [0.29, 0.717) is 15.2 Å². The predicted octanol–water partition coefficient (Wildman–Crippen LogP) is 4.15. The van der Waals surface area contributed by atoms with E-state index in [1.165, 1.54) is 12.1 Å². The second kappa shape index (κ2) is 5.28. The lowest BCUT2D eigenvalue weighted by Crippen LogP contribution is -2.12. The number of rotatable bonds is 3. The van der Waals surface area contributed by atoms with Crippen LogP contribution in [0.2, 0.25) is 5.02 Å². The average Bonchev–Trinajstić information content (AvgIpc) is 2.69. The van der Waals surface area contributed by atoms with Crippen LogP contribution in [-0.4, -0.2) is 9.78 Å². The van der Waals surface area contributed by atoms with Gasteiger partial charge in [-0.2, -0.15) is 5.10 Å². The number of hydrogen-bond donors (Lipinski definition) is 1. The molecule has 0 bridgehead atoms. The van der Waals surface area contributed by atoms with Gasteiger partial charge >= 0.3 is 0 Å². The molecule has 0 aliphatic carbocycles. The van der Waals surface area contributed by atoms with Gasteiger partial charge in [-0.05, 0) is 41.1 Å². The van der Waals surface area contributed by atoms with Crippen molar-refractivity contribution in [3.63, 3.8) is 0 Å². The molecule has 1 N–H and O–H groups in total. The second-order valence-corrected chi connectivity index (χ2v) is 5.25. The molecular weight excluding hydrogens is 321 g/mol. The average molecular weight is 333 g/mol. The summed E-state index contributed by atoms with van der Waals surface area (Å²) in [6, 6.07) is 4.59. The summed E-state index contributed by atoms with van der Waals surface area (Å²) in [5.74, 6) is -0.370. The Morgan fingerprint density at radius 3 is 2.78 bits per heavy atom. The third-order valence-electron chi connectivity index (χ3n) is 2.67. The first-order valence-electron chi connectivity index (χ1n) is 5.38. The number of aryl methyl sites for hydroxylation is 1. The van der Waals surface area contributed by atoms with Crippen LogP contribution < -0.4 is 5.32 Å². The van der Waals surface area contributed by atoms with Crippen LogP contribution >= 0.6 is 27.5 Å². The lowest BCUT2D eigenvalue weighted by molar-refractivity contribution is 0.626. The van der Waals surface area contributed by atoms with Gasteiger partial charge in [0, 0.05) is 17.7 Å². The fourth-order valence-electron chi connectivity index (χ4n) is 1.78. The summed E-state index contributed by atoms with van der Waals surface area (Å²) in [5, 5.41) is 7.70. The molecule has 1 unspecified atom stereocenters. The van der Waals surface area contributed by atoms with Crippen molar-refractivity contribution < 1.29 is 4.39 Å². The fraction of sp³-hybridized carbons (Fsp3) is 0.250. The molecule has 96 valence electrons. The second-order valence-electron chi connectivity index (χ2n) is 3.99. The fourth-order valence-corrected chi connectivity index (χ4v) is 2.70. The summed E-state index contributed by atoms with van der Waals surface area (Å²) < 4.78 is 15.5. The number of halogens is 3. The van der Waals surface area contributed by atoms with E-state index < -0.39 is 0 Å². The van der Waals surface area contributed by atoms with Crippen LogP contribution in [-0.2, 0) is 7.05 Å². The van der Waals surface area contributed by atoms with Gasteiger partial charge in [0.1, 0.15) is 5.82 Å². The molecule has 0 fully saturated rings. The first-order chi connectivity index (χ1) is 8.49. The van der Waals surface area contributed by atoms with Gasteiger partial charge in [0.2, 0.25) is 0 Å². The summed E-state index contributed by atoms with van der Waals surface area (Å²) in [6.07, 6.45) is 1.73. The monoisotopic (exact) mass is 331 g/mol. The van der Waals surface area contributed by atoms with Crippen LogP contribution in [0.3, 0.4) is 0 Å². The topological polar surface area (TPSA) is 29.9 Å². The zero-order valence-electron chi connectivity index (χ0n) is 9.92. The Kier molecular flexibility index (Phi) is 3.92. The van der Waals surface area contributed by atoms with Crippen molar-refractivity contribution in [1.82, 2.24) is 9.78 Å². The van der Waals surface area contributed by atoms with E-state index >= 15 is 0 Å². The summed E-state index contributed by atoms with van der Waals surface area (Å²) in [4.78, 5) is 0. The molecule has 2 rings (SSSR count). The number of nitrogens with zero attached hydrogens (tertiary/aromatic N) is 2. The quantitative estimate of drug-likeness (QED) is 0.915. The molecule has 0 amide bonds. The summed E-state index contributed by atoms with van der Waals surface area (Å²) in [6.45, 7) is 1.99. The third kappa shape index (κ3) is 2.67. The smallest absolute Gasteiger partial charge is 0.125 e. The Labute approximate surface area is 118 Å². The molecule has 2 aromatic rings. The van der Waals surface area contributed by atoms with Gasteiger partial charge in [-0.3, -0.25) is 4.68 Å². The van der Waals surface area contributed by atoms with Gasteiger partial charge < -0.3 is 5.32 Å². The maximum atomic E-state index is 13.1. The summed E-state index contributed by atoms with van der Waals surface area (Å²) in [7, 11) is 1.87. The SMILES string of the molecule is CC(Nc1c(Cl)cc(F)cc1Br)c1ccnn1C. The standard InChI is InChI=1S/C12H12BrClFN3/c1-7(11-3-4-16-18(11)2)17-12-9(13)5-8(15)6-10(12)14/h3-7,17H,1-2H3. The van der Waals surface area contributed by atoms with Crippen LogP contribution in [0.15, 0.2) is 28.9 Å². The normalized spacial score (nSPS) is 12.5. The number of anilines is 1. The summed E-state index contributed by atoms with van der Waals surface area (Å²) >= 11 is 9.32. The maximum Gasteiger partial charge on any atom is 0.125 e. The molecular formula is C12H12BrClFN3. The van der Waals surface area contributed by atoms with Gasteiger partial charge in [-0.15, -0.1) is 0 Å². The minimum absolute atomic E-state index is 0.0109. The lowest BCUT2D eigenvalue weighted by Gasteiger charge is -2.18. The van der Waals surface area contributed by atoms with Crippen LogP contribution in [0.5, 0.6) is 0 Å². The minimum atomic E-state index is -0.370. The van der Waals surface area contributed by atoms with E-state index in [2.05, 4.69) is 26.3 Å². The largest absolute Gasteiger partial charge is 0.375 e. The van der Waals surface area contributed by atoms with Crippen molar-refractivity contribution in [3.8, 4) is 0 Å². The highest BCUT2D eigenvalue weighted by Gasteiger charge is 2.14. The Hall–Kier alpha value is -1.07. The van der Waals surface area contributed by atoms with Crippen LogP contribution in [0.25, 0.3) is 0 Å². The molecule has 1 atom stereocenters. The van der Waals surface area contributed by atoms with E-state index in [4.69, 9.17) is 11.6 Å². The number of aromatic nitrogens is 2. The van der Waals surface area contributed by atoms with E-state index in [1.807, 2.05) is 20.0 Å². The van der Waals surface area contributed by atoms with Crippen molar-refractivity contribution in [2.75, 3.05) is 5.32 Å². The van der Waals surface area contributed by atoms with Crippen molar-refractivity contribution >= 4 is 33.2 Å². The number of nitrogens with one attached hydrogen (secondary N) is 1. The molecule has 0 saturated heterocycles. The van der Waals surface area contributed by atoms with Gasteiger partial charge in [0.25, 0.3) is 0 Å². The Bertz CT molecular complexity index is 547. The lowest BCUT2D eigenvalue weighted by atomic mass is 10.2. The van der Waals surface area contributed by atoms with E-state index in [9.17, 15) is 4.39 Å². The Balaban J connectivity index is 2.27. The molecule has 0 aliphatic rings. The van der Waals surface area contributed by atoms with Crippen LogP contribution in [0, 0.1) is 5.82 Å². The van der Waals surface area contributed by atoms with E-state index in [-0.39, 0.29) is 11.9 Å². The van der Waals surface area contributed by atoms with Crippen molar-refractivity contribution in [3.05, 3.63) is 45.4 Å². The molecule has 0 saturated carbocycles. The molecule has 0 spiro atoms. The number of benzene rings is 1. The molecule has 1 heterocycles. The van der Waals surface area contributed by atoms with Crippen LogP contribution in [0.1, 0.15) is 18.7 Å². The Morgan fingerprint density at radius 1 is 1.50 bits per heavy atom.